The predicted octanol–water partition coefficient (Wildman–Crippen LogP) is 2.58. The summed E-state index contributed by atoms with van der Waals surface area (Å²) in [6.07, 6.45) is 4.25. The molecule has 1 aliphatic carbocycles. The van der Waals surface area contributed by atoms with E-state index in [9.17, 15) is 18.8 Å². The van der Waals surface area contributed by atoms with Crippen molar-refractivity contribution >= 4 is 34.3 Å². The standard InChI is InChI=1S/C19H19FN4O3S/c20-13-3-1-11(2-4-13)9-14-10-21-18(28-14)22-15(25)12-5-7-19(8-6-12)16(26)23-17(27)24-19/h1-4,10,12H,5-9H2,(H,21,22,25)(H2,23,24,26,27). The van der Waals surface area contributed by atoms with Gasteiger partial charge in [0, 0.05) is 23.4 Å². The fourth-order valence-corrected chi connectivity index (χ4v) is 4.56. The Morgan fingerprint density at radius 3 is 2.61 bits per heavy atom. The van der Waals surface area contributed by atoms with Gasteiger partial charge in [-0.05, 0) is 43.4 Å². The Morgan fingerprint density at radius 1 is 1.25 bits per heavy atom. The van der Waals surface area contributed by atoms with Crippen molar-refractivity contribution in [2.45, 2.75) is 37.6 Å². The van der Waals surface area contributed by atoms with Gasteiger partial charge in [0.2, 0.25) is 5.91 Å². The molecule has 146 valence electrons. The van der Waals surface area contributed by atoms with Crippen LogP contribution in [0.5, 0.6) is 0 Å². The highest BCUT2D eigenvalue weighted by atomic mass is 32.1. The Labute approximate surface area is 164 Å². The van der Waals surface area contributed by atoms with Crippen LogP contribution in [0.1, 0.15) is 36.1 Å². The lowest BCUT2D eigenvalue weighted by atomic mass is 9.76. The first kappa shape index (κ1) is 18.5. The molecule has 1 saturated carbocycles. The van der Waals surface area contributed by atoms with E-state index in [1.54, 1.807) is 18.3 Å². The molecule has 0 atom stereocenters. The molecule has 0 radical (unpaired) electrons. The van der Waals surface area contributed by atoms with Crippen molar-refractivity contribution in [2.24, 2.45) is 5.92 Å². The molecule has 3 N–H and O–H groups in total. The summed E-state index contributed by atoms with van der Waals surface area (Å²) in [4.78, 5) is 41.1. The number of nitrogens with zero attached hydrogens (tertiary/aromatic N) is 1. The molecule has 0 unspecified atom stereocenters. The van der Waals surface area contributed by atoms with Crippen LogP contribution in [-0.4, -0.2) is 28.4 Å². The zero-order valence-electron chi connectivity index (χ0n) is 15.0. The van der Waals surface area contributed by atoms with Crippen LogP contribution in [0, 0.1) is 11.7 Å². The fraction of sp³-hybridized carbons (Fsp3) is 0.368. The molecule has 1 aliphatic heterocycles. The van der Waals surface area contributed by atoms with Crippen molar-refractivity contribution in [1.29, 1.82) is 0 Å². The van der Waals surface area contributed by atoms with E-state index < -0.39 is 11.6 Å². The van der Waals surface area contributed by atoms with Crippen molar-refractivity contribution in [3.05, 3.63) is 46.7 Å². The summed E-state index contributed by atoms with van der Waals surface area (Å²) in [6.45, 7) is 0. The number of aromatic nitrogens is 1. The summed E-state index contributed by atoms with van der Waals surface area (Å²) in [7, 11) is 0. The van der Waals surface area contributed by atoms with Crippen LogP contribution >= 0.6 is 11.3 Å². The molecule has 0 bridgehead atoms. The highest BCUT2D eigenvalue weighted by molar-refractivity contribution is 7.15. The fourth-order valence-electron chi connectivity index (χ4n) is 3.71. The molecule has 2 heterocycles. The van der Waals surface area contributed by atoms with Gasteiger partial charge < -0.3 is 10.6 Å². The van der Waals surface area contributed by atoms with Crippen molar-refractivity contribution in [2.75, 3.05) is 5.32 Å². The summed E-state index contributed by atoms with van der Waals surface area (Å²) in [5, 5.41) is 8.33. The first-order valence-electron chi connectivity index (χ1n) is 9.07. The van der Waals surface area contributed by atoms with E-state index in [-0.39, 0.29) is 23.5 Å². The number of hydrogen-bond acceptors (Lipinski definition) is 5. The average molecular weight is 402 g/mol. The van der Waals surface area contributed by atoms with Crippen molar-refractivity contribution < 1.29 is 18.8 Å². The second-order valence-electron chi connectivity index (χ2n) is 7.19. The third-order valence-corrected chi connectivity index (χ3v) is 6.21. The second-order valence-corrected chi connectivity index (χ2v) is 8.30. The third kappa shape index (κ3) is 3.75. The number of carbonyl (C=O) groups excluding carboxylic acids is 3. The number of rotatable bonds is 4. The number of amides is 4. The van der Waals surface area contributed by atoms with Gasteiger partial charge in [-0.3, -0.25) is 14.9 Å². The van der Waals surface area contributed by atoms with Crippen LogP contribution in [0.25, 0.3) is 0 Å². The quantitative estimate of drug-likeness (QED) is 0.685. The molecule has 7 nitrogen and oxygen atoms in total. The molecule has 4 rings (SSSR count). The summed E-state index contributed by atoms with van der Waals surface area (Å²) in [5.74, 6) is -0.922. The maximum Gasteiger partial charge on any atom is 0.322 e. The summed E-state index contributed by atoms with van der Waals surface area (Å²) in [6, 6.07) is 5.82. The molecule has 28 heavy (non-hydrogen) atoms. The van der Waals surface area contributed by atoms with Gasteiger partial charge in [0.15, 0.2) is 5.13 Å². The molecule has 2 aliphatic rings. The molecule has 2 fully saturated rings. The van der Waals surface area contributed by atoms with E-state index in [0.29, 0.717) is 37.2 Å². The highest BCUT2D eigenvalue weighted by Crippen LogP contribution is 2.35. The number of carbonyl (C=O) groups is 3. The lowest BCUT2D eigenvalue weighted by Gasteiger charge is -2.33. The number of anilines is 1. The zero-order chi connectivity index (χ0) is 19.7. The minimum absolute atomic E-state index is 0.123. The first-order valence-corrected chi connectivity index (χ1v) is 9.89. The van der Waals surface area contributed by atoms with Gasteiger partial charge in [-0.1, -0.05) is 12.1 Å². The van der Waals surface area contributed by atoms with Crippen LogP contribution < -0.4 is 16.0 Å². The Hall–Kier alpha value is -2.81. The van der Waals surface area contributed by atoms with Gasteiger partial charge in [0.25, 0.3) is 5.91 Å². The number of halogens is 1. The van der Waals surface area contributed by atoms with Gasteiger partial charge in [-0.25, -0.2) is 14.2 Å². The molecule has 1 aromatic heterocycles. The van der Waals surface area contributed by atoms with Crippen molar-refractivity contribution in [3.63, 3.8) is 0 Å². The number of hydrogen-bond donors (Lipinski definition) is 3. The summed E-state index contributed by atoms with van der Waals surface area (Å²) < 4.78 is 13.0. The average Bonchev–Trinajstić information content (AvgIpc) is 3.21. The lowest BCUT2D eigenvalue weighted by molar-refractivity contribution is -0.128. The van der Waals surface area contributed by atoms with E-state index in [1.807, 2.05) is 0 Å². The van der Waals surface area contributed by atoms with Gasteiger partial charge in [-0.15, -0.1) is 11.3 Å². The van der Waals surface area contributed by atoms with Gasteiger partial charge in [-0.2, -0.15) is 0 Å². The van der Waals surface area contributed by atoms with Crippen LogP contribution in [0.4, 0.5) is 14.3 Å². The van der Waals surface area contributed by atoms with Gasteiger partial charge >= 0.3 is 6.03 Å². The van der Waals surface area contributed by atoms with E-state index in [2.05, 4.69) is 20.9 Å². The number of urea groups is 1. The number of imide groups is 1. The third-order valence-electron chi connectivity index (χ3n) is 5.30. The van der Waals surface area contributed by atoms with Gasteiger partial charge in [0.1, 0.15) is 11.4 Å². The molecule has 4 amide bonds. The van der Waals surface area contributed by atoms with Crippen LogP contribution in [0.2, 0.25) is 0 Å². The molecule has 1 spiro atoms. The van der Waals surface area contributed by atoms with Crippen LogP contribution in [-0.2, 0) is 16.0 Å². The monoisotopic (exact) mass is 402 g/mol. The summed E-state index contributed by atoms with van der Waals surface area (Å²) >= 11 is 1.39. The van der Waals surface area contributed by atoms with Gasteiger partial charge in [0.05, 0.1) is 0 Å². The SMILES string of the molecule is O=C1NC(=O)C2(CCC(C(=O)Nc3ncc(Cc4ccc(F)cc4)s3)CC2)N1. The van der Waals surface area contributed by atoms with Crippen molar-refractivity contribution in [1.82, 2.24) is 15.6 Å². The van der Waals surface area contributed by atoms with Crippen LogP contribution in [0.15, 0.2) is 30.5 Å². The maximum absolute atomic E-state index is 13.0. The molecule has 1 aromatic carbocycles. The minimum Gasteiger partial charge on any atom is -0.323 e. The normalized spacial score (nSPS) is 24.1. The largest absolute Gasteiger partial charge is 0.323 e. The second kappa shape index (κ2) is 7.31. The molecule has 2 aromatic rings. The highest BCUT2D eigenvalue weighted by Gasteiger charge is 2.48. The van der Waals surface area contributed by atoms with E-state index >= 15 is 0 Å². The van der Waals surface area contributed by atoms with E-state index in [4.69, 9.17) is 0 Å². The lowest BCUT2D eigenvalue weighted by Crippen LogP contribution is -2.50. The molecule has 9 heteroatoms. The Kier molecular flexibility index (Phi) is 4.84. The smallest absolute Gasteiger partial charge is 0.322 e. The van der Waals surface area contributed by atoms with E-state index in [0.717, 1.165) is 10.4 Å². The van der Waals surface area contributed by atoms with Crippen molar-refractivity contribution in [3.8, 4) is 0 Å². The molecular weight excluding hydrogens is 383 g/mol. The Morgan fingerprint density at radius 2 is 1.96 bits per heavy atom. The number of benzene rings is 1. The number of thiazole rings is 1. The maximum atomic E-state index is 13.0. The zero-order valence-corrected chi connectivity index (χ0v) is 15.8. The number of nitrogens with one attached hydrogen (secondary N) is 3. The Balaban J connectivity index is 1.32. The molecular formula is C19H19FN4O3S. The predicted molar refractivity (Wildman–Crippen MR) is 101 cm³/mol. The Bertz CT molecular complexity index is 920. The minimum atomic E-state index is -0.864. The molecule has 1 saturated heterocycles. The topological polar surface area (TPSA) is 100 Å². The van der Waals surface area contributed by atoms with E-state index in [1.165, 1.54) is 23.5 Å². The summed E-state index contributed by atoms with van der Waals surface area (Å²) in [5.41, 5.74) is 0.106. The van der Waals surface area contributed by atoms with Crippen LogP contribution in [0.3, 0.4) is 0 Å². The first-order chi connectivity index (χ1) is 13.4.